The van der Waals surface area contributed by atoms with Gasteiger partial charge in [-0.05, 0) is 17.7 Å². The molecule has 0 atom stereocenters. The highest BCUT2D eigenvalue weighted by atomic mass is 79.9. The zero-order chi connectivity index (χ0) is 9.64. The van der Waals surface area contributed by atoms with Gasteiger partial charge in [-0.25, -0.2) is 0 Å². The minimum absolute atomic E-state index is 0.0540. The van der Waals surface area contributed by atoms with E-state index in [1.54, 1.807) is 24.3 Å². The minimum Gasteiger partial charge on any atom is -0.195 e. The first-order valence-corrected chi connectivity index (χ1v) is 4.75. The Morgan fingerprint density at radius 2 is 1.62 bits per heavy atom. The van der Waals surface area contributed by atoms with Gasteiger partial charge in [0.25, 0.3) is 0 Å². The Kier molecular flexibility index (Phi) is 1.96. The molecule has 2 rings (SSSR count). The number of alkyl halides is 2. The van der Waals surface area contributed by atoms with Gasteiger partial charge in [-0.3, -0.25) is 0 Å². The number of hydrogen-bond acceptors (Lipinski definition) is 0. The van der Waals surface area contributed by atoms with Crippen LogP contribution in [-0.2, 0) is 0 Å². The number of halogens is 4. The van der Waals surface area contributed by atoms with E-state index < -0.39 is 5.92 Å². The third kappa shape index (κ3) is 1.40. The van der Waals surface area contributed by atoms with Crippen molar-refractivity contribution in [1.29, 1.82) is 0 Å². The summed E-state index contributed by atoms with van der Waals surface area (Å²) in [5.41, 5.74) is 0.430. The van der Waals surface area contributed by atoms with Crippen LogP contribution in [0, 0.1) is 0 Å². The highest BCUT2D eigenvalue weighted by Gasteiger charge is 2.55. The molecule has 0 aromatic heterocycles. The average molecular weight is 265 g/mol. The van der Waals surface area contributed by atoms with Gasteiger partial charge in [0, 0.05) is 4.47 Å². The summed E-state index contributed by atoms with van der Waals surface area (Å²) in [7, 11) is 0. The minimum atomic E-state index is -2.89. The van der Waals surface area contributed by atoms with Gasteiger partial charge in [-0.1, -0.05) is 39.7 Å². The first kappa shape index (κ1) is 9.16. The average Bonchev–Trinajstić information content (AvgIpc) is 2.55. The van der Waals surface area contributed by atoms with E-state index in [9.17, 15) is 8.78 Å². The van der Waals surface area contributed by atoms with Crippen LogP contribution < -0.4 is 0 Å². The molecule has 0 bridgehead atoms. The van der Waals surface area contributed by atoms with Crippen molar-refractivity contribution in [3.63, 3.8) is 0 Å². The molecule has 13 heavy (non-hydrogen) atoms. The second kappa shape index (κ2) is 2.79. The van der Waals surface area contributed by atoms with Crippen LogP contribution in [0.3, 0.4) is 0 Å². The first-order valence-electron chi connectivity index (χ1n) is 3.58. The summed E-state index contributed by atoms with van der Waals surface area (Å²) in [5.74, 6) is -2.89. The molecule has 1 aliphatic carbocycles. The lowest BCUT2D eigenvalue weighted by Crippen LogP contribution is -1.94. The van der Waals surface area contributed by atoms with E-state index in [1.807, 2.05) is 0 Å². The largest absolute Gasteiger partial charge is 0.311 e. The topological polar surface area (TPSA) is 0 Å². The monoisotopic (exact) mass is 264 g/mol. The van der Waals surface area contributed by atoms with Gasteiger partial charge in [0.15, 0.2) is 0 Å². The summed E-state index contributed by atoms with van der Waals surface area (Å²) in [6.07, 6.45) is 0. The van der Waals surface area contributed by atoms with Gasteiger partial charge < -0.3 is 0 Å². The molecule has 0 aliphatic heterocycles. The highest BCUT2D eigenvalue weighted by Crippen LogP contribution is 2.57. The molecular weight excluding hydrogens is 261 g/mol. The van der Waals surface area contributed by atoms with Gasteiger partial charge in [-0.2, -0.15) is 8.78 Å². The van der Waals surface area contributed by atoms with Gasteiger partial charge >= 0.3 is 5.92 Å². The molecule has 1 aromatic rings. The molecule has 4 heteroatoms. The van der Waals surface area contributed by atoms with E-state index in [2.05, 4.69) is 15.9 Å². The Balaban J connectivity index is 2.35. The van der Waals surface area contributed by atoms with Crippen LogP contribution in [0.5, 0.6) is 0 Å². The van der Waals surface area contributed by atoms with Crippen molar-refractivity contribution < 1.29 is 8.78 Å². The Morgan fingerprint density at radius 1 is 1.15 bits per heavy atom. The Hall–Kier alpha value is -0.410. The zero-order valence-electron chi connectivity index (χ0n) is 6.32. The van der Waals surface area contributed by atoms with Crippen molar-refractivity contribution in [1.82, 2.24) is 0 Å². The third-order valence-corrected chi connectivity index (χ3v) is 2.83. The van der Waals surface area contributed by atoms with Gasteiger partial charge in [0.2, 0.25) is 0 Å². The van der Waals surface area contributed by atoms with E-state index in [0.717, 1.165) is 4.47 Å². The molecule has 0 N–H and O–H groups in total. The van der Waals surface area contributed by atoms with E-state index in [4.69, 9.17) is 11.6 Å². The number of allylic oxidation sites excluding steroid dienone is 2. The first-order chi connectivity index (χ1) is 6.03. The van der Waals surface area contributed by atoms with Crippen molar-refractivity contribution >= 4 is 33.1 Å². The van der Waals surface area contributed by atoms with E-state index in [-0.39, 0.29) is 10.6 Å². The van der Waals surface area contributed by atoms with Gasteiger partial charge in [0.1, 0.15) is 5.03 Å². The fourth-order valence-corrected chi connectivity index (χ4v) is 1.67. The fourth-order valence-electron chi connectivity index (χ4n) is 1.13. The SMILES string of the molecule is FC1(F)C(Cl)=C1c1ccc(Br)cc1. The lowest BCUT2D eigenvalue weighted by Gasteiger charge is -1.97. The molecule has 1 aromatic carbocycles. The smallest absolute Gasteiger partial charge is 0.195 e. The lowest BCUT2D eigenvalue weighted by molar-refractivity contribution is 0.155. The molecule has 0 radical (unpaired) electrons. The molecule has 1 aliphatic rings. The molecule has 0 nitrogen and oxygen atoms in total. The quantitative estimate of drug-likeness (QED) is 0.718. The molecule has 0 amide bonds. The number of rotatable bonds is 1. The van der Waals surface area contributed by atoms with Crippen molar-refractivity contribution in [3.05, 3.63) is 39.3 Å². The van der Waals surface area contributed by atoms with Crippen molar-refractivity contribution in [3.8, 4) is 0 Å². The summed E-state index contributed by atoms with van der Waals surface area (Å²) >= 11 is 8.56. The molecule has 0 unspecified atom stereocenters. The Bertz CT molecular complexity index is 381. The molecule has 0 fully saturated rings. The van der Waals surface area contributed by atoms with Crippen LogP contribution in [0.15, 0.2) is 33.8 Å². The number of benzene rings is 1. The number of hydrogen-bond donors (Lipinski definition) is 0. The lowest BCUT2D eigenvalue weighted by atomic mass is 10.2. The maximum Gasteiger partial charge on any atom is 0.311 e. The van der Waals surface area contributed by atoms with Crippen LogP contribution in [0.2, 0.25) is 0 Å². The van der Waals surface area contributed by atoms with Crippen molar-refractivity contribution in [2.75, 3.05) is 0 Å². The van der Waals surface area contributed by atoms with E-state index in [1.165, 1.54) is 0 Å². The van der Waals surface area contributed by atoms with Crippen LogP contribution in [0.4, 0.5) is 8.78 Å². The van der Waals surface area contributed by atoms with E-state index >= 15 is 0 Å². The van der Waals surface area contributed by atoms with Crippen molar-refractivity contribution in [2.45, 2.75) is 5.92 Å². The van der Waals surface area contributed by atoms with Crippen LogP contribution >= 0.6 is 27.5 Å². The summed E-state index contributed by atoms with van der Waals surface area (Å²) in [4.78, 5) is 0. The van der Waals surface area contributed by atoms with Crippen LogP contribution in [0.25, 0.3) is 5.57 Å². The van der Waals surface area contributed by atoms with Crippen LogP contribution in [0.1, 0.15) is 5.56 Å². The molecule has 68 valence electrons. The Labute approximate surface area is 87.3 Å². The fraction of sp³-hybridized carbons (Fsp3) is 0.111. The summed E-state index contributed by atoms with van der Waals surface area (Å²) < 4.78 is 26.4. The van der Waals surface area contributed by atoms with E-state index in [0.29, 0.717) is 5.56 Å². The second-order valence-electron chi connectivity index (χ2n) is 2.77. The molecule has 0 saturated carbocycles. The maximum atomic E-state index is 12.8. The predicted octanol–water partition coefficient (Wildman–Crippen LogP) is 4.05. The molecular formula is C9H4BrClF2. The van der Waals surface area contributed by atoms with Gasteiger partial charge in [-0.15, -0.1) is 0 Å². The highest BCUT2D eigenvalue weighted by molar-refractivity contribution is 9.10. The Morgan fingerprint density at radius 3 is 2.00 bits per heavy atom. The van der Waals surface area contributed by atoms with Crippen LogP contribution in [-0.4, -0.2) is 5.92 Å². The van der Waals surface area contributed by atoms with Crippen molar-refractivity contribution in [2.24, 2.45) is 0 Å². The summed E-state index contributed by atoms with van der Waals surface area (Å²) in [5, 5.41) is -0.338. The van der Waals surface area contributed by atoms with Gasteiger partial charge in [0.05, 0.1) is 5.57 Å². The zero-order valence-corrected chi connectivity index (χ0v) is 8.66. The normalized spacial score (nSPS) is 19.1. The molecule has 0 spiro atoms. The maximum absolute atomic E-state index is 12.8. The predicted molar refractivity (Wildman–Crippen MR) is 51.9 cm³/mol. The standard InChI is InChI=1S/C9H4BrClF2/c10-6-3-1-5(2-4-6)7-8(11)9(7,12)13/h1-4H. The summed E-state index contributed by atoms with van der Waals surface area (Å²) in [6.45, 7) is 0. The second-order valence-corrected chi connectivity index (χ2v) is 4.06. The molecule has 0 heterocycles. The third-order valence-electron chi connectivity index (χ3n) is 1.88. The molecule has 0 saturated heterocycles. The summed E-state index contributed by atoms with van der Waals surface area (Å²) in [6, 6.07) is 6.65.